The lowest BCUT2D eigenvalue weighted by Crippen LogP contribution is -2.52. The molecule has 8 aliphatic carbocycles. The Morgan fingerprint density at radius 3 is 1.27 bits per heavy atom. The van der Waals surface area contributed by atoms with Crippen molar-refractivity contribution in [1.82, 2.24) is 0 Å². The number of carbonyl (C=O) groups excluding carboxylic acids is 2. The van der Waals surface area contributed by atoms with Crippen molar-refractivity contribution in [1.29, 1.82) is 0 Å². The molecule has 8 saturated carbocycles. The van der Waals surface area contributed by atoms with E-state index in [1.54, 1.807) is 0 Å². The quantitative estimate of drug-likeness (QED) is 0.304. The summed E-state index contributed by atoms with van der Waals surface area (Å²) >= 11 is 0. The molecule has 300 valence electrons. The Kier molecular flexibility index (Phi) is 13.7. The highest BCUT2D eigenvalue weighted by atomic mass is 16.3. The molecule has 0 aromatic heterocycles. The summed E-state index contributed by atoms with van der Waals surface area (Å²) in [5.41, 5.74) is 2.53. The second-order valence-electron chi connectivity index (χ2n) is 21.1. The maximum atomic E-state index is 11.8. The Hall–Kier alpha value is -0.740. The van der Waals surface area contributed by atoms with Crippen LogP contribution in [0, 0.1) is 67.0 Å². The number of Topliss-reactive ketones (excluding diaryl/α,β-unsaturated/α-hetero) is 2. The van der Waals surface area contributed by atoms with E-state index in [1.807, 2.05) is 0 Å². The van der Waals surface area contributed by atoms with Gasteiger partial charge in [0, 0.05) is 23.7 Å². The molecule has 0 bridgehead atoms. The summed E-state index contributed by atoms with van der Waals surface area (Å²) in [4.78, 5) is 23.4. The molecule has 4 heteroatoms. The monoisotopic (exact) mass is 717 g/mol. The maximum Gasteiger partial charge on any atom is 0.139 e. The summed E-state index contributed by atoms with van der Waals surface area (Å²) in [6, 6.07) is 0. The normalized spacial score (nSPS) is 44.2. The van der Waals surface area contributed by atoms with Crippen LogP contribution in [0.15, 0.2) is 0 Å². The van der Waals surface area contributed by atoms with Crippen molar-refractivity contribution >= 4 is 11.6 Å². The highest BCUT2D eigenvalue weighted by Gasteiger charge is 2.65. The van der Waals surface area contributed by atoms with Gasteiger partial charge < -0.3 is 10.2 Å². The maximum absolute atomic E-state index is 11.8. The minimum atomic E-state index is -0.0174. The van der Waals surface area contributed by atoms with Gasteiger partial charge in [0.1, 0.15) is 11.6 Å². The van der Waals surface area contributed by atoms with Crippen molar-refractivity contribution in [3.05, 3.63) is 0 Å². The Morgan fingerprint density at radius 1 is 0.510 bits per heavy atom. The molecule has 8 aliphatic rings. The molecule has 4 nitrogen and oxygen atoms in total. The molecule has 0 amide bonds. The first-order valence-corrected chi connectivity index (χ1v) is 20.5. The van der Waals surface area contributed by atoms with Crippen LogP contribution in [-0.2, 0) is 9.59 Å². The number of hydrogen-bond acceptors (Lipinski definition) is 4. The van der Waals surface area contributed by atoms with Gasteiger partial charge in [-0.2, -0.15) is 0 Å². The van der Waals surface area contributed by atoms with Gasteiger partial charge in [0.25, 0.3) is 0 Å². The van der Waals surface area contributed by atoms with Crippen LogP contribution in [0.5, 0.6) is 0 Å². The van der Waals surface area contributed by atoms with Crippen LogP contribution in [0.25, 0.3) is 0 Å². The van der Waals surface area contributed by atoms with Gasteiger partial charge in [-0.15, -0.1) is 0 Å². The minimum Gasteiger partial charge on any atom is -0.393 e. The third-order valence-electron chi connectivity index (χ3n) is 17.9. The molecule has 2 N–H and O–H groups in total. The standard InChI is InChI=1S/C11H20O.C11H18O.C11H20O.C11H18O.3CH4/c2*1-4-11-6-5-10(2,3)8(11)7-9(11)12;2*1-4-11-6-5-8(11)10(2,3)7-9(11)12;;;/h8-9,12H,4-7H2,1-3H3;8H,4-7H2,1-3H3;8-9,12H,4-7H2,1-3H3;8H,4-7H2,1-3H3;3*1H4. The molecule has 0 spiro atoms. The topological polar surface area (TPSA) is 74.6 Å². The third-order valence-corrected chi connectivity index (χ3v) is 17.9. The van der Waals surface area contributed by atoms with Crippen LogP contribution in [-0.4, -0.2) is 34.0 Å². The predicted molar refractivity (Wildman–Crippen MR) is 218 cm³/mol. The van der Waals surface area contributed by atoms with Crippen LogP contribution >= 0.6 is 0 Å². The van der Waals surface area contributed by atoms with E-state index in [2.05, 4.69) is 83.1 Å². The number of aliphatic hydroxyl groups is 2. The molecule has 10 atom stereocenters. The molecule has 0 saturated heterocycles. The molecule has 0 aliphatic heterocycles. The van der Waals surface area contributed by atoms with E-state index in [-0.39, 0.29) is 45.3 Å². The smallest absolute Gasteiger partial charge is 0.139 e. The van der Waals surface area contributed by atoms with E-state index in [4.69, 9.17) is 0 Å². The van der Waals surface area contributed by atoms with Crippen molar-refractivity contribution in [3.63, 3.8) is 0 Å². The summed E-state index contributed by atoms with van der Waals surface area (Å²) in [6.07, 6.45) is 18.2. The van der Waals surface area contributed by atoms with Crippen LogP contribution in [0.2, 0.25) is 0 Å². The summed E-state index contributed by atoms with van der Waals surface area (Å²) in [7, 11) is 0. The SMILES string of the molecule is C.C.C.CCC12CCC(C)(C)C1CC2=O.CCC12CCC(C)(C)C1CC2O.CCC12CCC1C(C)(C)CC2=O.CCC12CCC1C(C)(C)CC2O. The Balaban J connectivity index is 0.000000231. The number of hydrogen-bond donors (Lipinski definition) is 2. The molecular weight excluding hydrogens is 629 g/mol. The Morgan fingerprint density at radius 2 is 1.00 bits per heavy atom. The van der Waals surface area contributed by atoms with E-state index >= 15 is 0 Å². The van der Waals surface area contributed by atoms with Gasteiger partial charge >= 0.3 is 0 Å². The lowest BCUT2D eigenvalue weighted by atomic mass is 9.54. The first-order chi connectivity index (χ1) is 22.1. The van der Waals surface area contributed by atoms with Crippen molar-refractivity contribution in [2.24, 2.45) is 67.0 Å². The van der Waals surface area contributed by atoms with Crippen molar-refractivity contribution in [3.8, 4) is 0 Å². The summed E-state index contributed by atoms with van der Waals surface area (Å²) in [5.74, 6) is 4.08. The zero-order valence-electron chi connectivity index (χ0n) is 33.5. The molecule has 51 heavy (non-hydrogen) atoms. The predicted octanol–water partition coefficient (Wildman–Crippen LogP) is 12.7. The average Bonchev–Trinajstić information content (AvgIpc) is 3.40. The number of carbonyl (C=O) groups is 2. The van der Waals surface area contributed by atoms with Gasteiger partial charge in [0.2, 0.25) is 0 Å². The van der Waals surface area contributed by atoms with E-state index in [0.717, 1.165) is 63.2 Å². The van der Waals surface area contributed by atoms with E-state index in [1.165, 1.54) is 51.4 Å². The first-order valence-electron chi connectivity index (χ1n) is 20.5. The minimum absolute atomic E-state index is 0. The fraction of sp³-hybridized carbons (Fsp3) is 0.957. The lowest BCUT2D eigenvalue weighted by Gasteiger charge is -2.53. The molecule has 0 aromatic carbocycles. The first kappa shape index (κ1) is 46.4. The summed E-state index contributed by atoms with van der Waals surface area (Å²) in [6.45, 7) is 27.3. The van der Waals surface area contributed by atoms with Crippen molar-refractivity contribution < 1.29 is 19.8 Å². The average molecular weight is 717 g/mol. The van der Waals surface area contributed by atoms with Crippen LogP contribution in [0.1, 0.15) is 208 Å². The second kappa shape index (κ2) is 15.1. The van der Waals surface area contributed by atoms with Gasteiger partial charge in [0.05, 0.1) is 12.2 Å². The largest absolute Gasteiger partial charge is 0.393 e. The highest BCUT2D eigenvalue weighted by Crippen LogP contribution is 2.68. The Bertz CT molecular complexity index is 1210. The molecule has 8 fully saturated rings. The van der Waals surface area contributed by atoms with Gasteiger partial charge in [-0.25, -0.2) is 0 Å². The summed E-state index contributed by atoms with van der Waals surface area (Å²) in [5, 5.41) is 19.8. The summed E-state index contributed by atoms with van der Waals surface area (Å²) < 4.78 is 0. The molecular formula is C47H88O4. The number of fused-ring (bicyclic) bond motifs is 4. The fourth-order valence-electron chi connectivity index (χ4n) is 14.1. The number of rotatable bonds is 4. The van der Waals surface area contributed by atoms with Crippen LogP contribution in [0.3, 0.4) is 0 Å². The van der Waals surface area contributed by atoms with E-state index < -0.39 is 0 Å². The van der Waals surface area contributed by atoms with Gasteiger partial charge in [-0.05, 0) is 146 Å². The third kappa shape index (κ3) is 6.79. The lowest BCUT2D eigenvalue weighted by molar-refractivity contribution is -0.147. The van der Waals surface area contributed by atoms with Gasteiger partial charge in [0.15, 0.2) is 0 Å². The number of ketones is 2. The van der Waals surface area contributed by atoms with E-state index in [9.17, 15) is 19.8 Å². The highest BCUT2D eigenvalue weighted by molar-refractivity contribution is 5.92. The number of aliphatic hydroxyl groups excluding tert-OH is 2. The molecule has 0 aromatic rings. The molecule has 0 heterocycles. The molecule has 8 rings (SSSR count). The zero-order valence-corrected chi connectivity index (χ0v) is 33.5. The molecule has 0 radical (unpaired) electrons. The van der Waals surface area contributed by atoms with Gasteiger partial charge in [-0.3, -0.25) is 9.59 Å². The molecule has 10 unspecified atom stereocenters. The van der Waals surface area contributed by atoms with Crippen LogP contribution < -0.4 is 0 Å². The fourth-order valence-corrected chi connectivity index (χ4v) is 14.1. The van der Waals surface area contributed by atoms with Crippen LogP contribution in [0.4, 0.5) is 0 Å². The zero-order chi connectivity index (χ0) is 35.9. The second-order valence-corrected chi connectivity index (χ2v) is 21.1. The van der Waals surface area contributed by atoms with Crippen molar-refractivity contribution in [2.75, 3.05) is 0 Å². The van der Waals surface area contributed by atoms with Crippen molar-refractivity contribution in [2.45, 2.75) is 220 Å². The van der Waals surface area contributed by atoms with E-state index in [0.29, 0.717) is 55.9 Å². The Labute approximate surface area is 317 Å². The van der Waals surface area contributed by atoms with Gasteiger partial charge in [-0.1, -0.05) is 105 Å².